The van der Waals surface area contributed by atoms with Crippen LogP contribution in [-0.4, -0.2) is 140 Å². The van der Waals surface area contributed by atoms with E-state index < -0.39 is 95.5 Å². The van der Waals surface area contributed by atoms with Crippen LogP contribution in [0.15, 0.2) is 25.0 Å². The number of carboxylic acid groups (broad SMARTS) is 1. The quantitative estimate of drug-likeness (QED) is 0.0358. The van der Waals surface area contributed by atoms with Crippen LogP contribution in [0.5, 0.6) is 0 Å². The average molecular weight is 1250 g/mol. The number of primary amides is 1. The van der Waals surface area contributed by atoms with Crippen LogP contribution in [0.25, 0.3) is 0 Å². The van der Waals surface area contributed by atoms with E-state index in [1.807, 2.05) is 0 Å². The summed E-state index contributed by atoms with van der Waals surface area (Å²) in [6, 6.07) is -9.17. The van der Waals surface area contributed by atoms with Crippen LogP contribution in [0.4, 0.5) is 0 Å². The molecule has 2 aromatic rings. The highest BCUT2D eigenvalue weighted by Gasteiger charge is 2.36. The van der Waals surface area contributed by atoms with E-state index in [0.717, 1.165) is 44.9 Å². The Morgan fingerprint density at radius 1 is 0.461 bits per heavy atom. The molecule has 25 nitrogen and oxygen atoms in total. The average Bonchev–Trinajstić information content (AvgIpc) is 3.27. The van der Waals surface area contributed by atoms with Crippen LogP contribution in [0.2, 0.25) is 0 Å². The number of imidazole rings is 2. The van der Waals surface area contributed by atoms with Gasteiger partial charge in [-0.3, -0.25) is 43.2 Å². The van der Waals surface area contributed by atoms with Crippen molar-refractivity contribution in [3.63, 3.8) is 0 Å². The number of hydrogen-bond donors (Lipinski definition) is 13. The second-order valence-electron chi connectivity index (χ2n) is 24.5. The van der Waals surface area contributed by atoms with E-state index in [9.17, 15) is 53.1 Å². The van der Waals surface area contributed by atoms with Crippen LogP contribution >= 0.6 is 0 Å². The molecule has 2 aromatic heterocycles. The molecule has 0 aromatic carbocycles. The van der Waals surface area contributed by atoms with Crippen molar-refractivity contribution in [2.75, 3.05) is 13.1 Å². The topological polar surface area (TPSA) is 397 Å². The van der Waals surface area contributed by atoms with Crippen molar-refractivity contribution in [1.29, 1.82) is 0 Å². The Morgan fingerprint density at radius 2 is 0.865 bits per heavy atom. The molecule has 9 amide bonds. The summed E-state index contributed by atoms with van der Waals surface area (Å²) in [5.41, 5.74) is 12.0. The van der Waals surface area contributed by atoms with Crippen LogP contribution in [0.3, 0.4) is 0 Å². The first kappa shape index (κ1) is 78.2. The maximum atomic E-state index is 14.7. The number of H-pyrrole nitrogens is 2. The van der Waals surface area contributed by atoms with Gasteiger partial charge in [-0.1, -0.05) is 144 Å². The summed E-state index contributed by atoms with van der Waals surface area (Å²) in [6.45, 7) is 12.1. The van der Waals surface area contributed by atoms with Crippen molar-refractivity contribution >= 4 is 59.1 Å². The van der Waals surface area contributed by atoms with E-state index in [1.165, 1.54) is 89.3 Å². The zero-order chi connectivity index (χ0) is 65.8. The summed E-state index contributed by atoms with van der Waals surface area (Å²) in [4.78, 5) is 150. The molecule has 0 aliphatic carbocycles. The molecule has 7 atom stereocenters. The summed E-state index contributed by atoms with van der Waals surface area (Å²) in [6.07, 6.45) is 27.4. The fourth-order valence-corrected chi connectivity index (χ4v) is 10.3. The van der Waals surface area contributed by atoms with Crippen LogP contribution < -0.4 is 54.0 Å². The van der Waals surface area contributed by atoms with Crippen molar-refractivity contribution in [2.45, 2.75) is 283 Å². The van der Waals surface area contributed by atoms with Gasteiger partial charge in [-0.05, 0) is 82.6 Å². The third-order valence-corrected chi connectivity index (χ3v) is 15.6. The summed E-state index contributed by atoms with van der Waals surface area (Å²) in [5, 5.41) is 31.8. The number of rotatable bonds is 53. The van der Waals surface area contributed by atoms with Gasteiger partial charge in [0.05, 0.1) is 12.7 Å². The number of unbranched alkanes of at least 4 members (excludes halogenated alkanes) is 18. The Kier molecular flexibility index (Phi) is 41.4. The zero-order valence-corrected chi connectivity index (χ0v) is 54.4. The number of carbonyl (C=O) groups is 10. The Morgan fingerprint density at radius 3 is 1.30 bits per heavy atom. The summed E-state index contributed by atoms with van der Waals surface area (Å²) in [7, 11) is 0. The second kappa shape index (κ2) is 47.1. The Labute approximate surface area is 528 Å². The fourth-order valence-electron chi connectivity index (χ4n) is 10.3. The van der Waals surface area contributed by atoms with Gasteiger partial charge in [0.25, 0.3) is 0 Å². The molecule has 0 unspecified atom stereocenters. The number of nitrogens with one attached hydrogen (secondary N) is 10. The maximum Gasteiger partial charge on any atom is 0.326 e. The Bertz CT molecular complexity index is 2350. The smallest absolute Gasteiger partial charge is 0.326 e. The molecule has 0 aliphatic heterocycles. The van der Waals surface area contributed by atoms with Gasteiger partial charge in [0.15, 0.2) is 0 Å². The molecule has 2 heterocycles. The highest BCUT2D eigenvalue weighted by Crippen LogP contribution is 2.15. The number of aromatic nitrogens is 4. The van der Waals surface area contributed by atoms with Crippen molar-refractivity contribution < 1.29 is 53.1 Å². The molecule has 0 bridgehead atoms. The predicted molar refractivity (Wildman–Crippen MR) is 342 cm³/mol. The zero-order valence-electron chi connectivity index (χ0n) is 54.4. The first-order chi connectivity index (χ1) is 42.7. The molecule has 89 heavy (non-hydrogen) atoms. The molecule has 0 saturated carbocycles. The molecule has 504 valence electrons. The number of amides is 9. The second-order valence-corrected chi connectivity index (χ2v) is 24.5. The lowest BCUT2D eigenvalue weighted by atomic mass is 10.00. The largest absolute Gasteiger partial charge is 0.480 e. The highest BCUT2D eigenvalue weighted by atomic mass is 16.4. The van der Waals surface area contributed by atoms with Gasteiger partial charge in [-0.25, -0.2) is 14.8 Å². The number of aliphatic carboxylic acids is 1. The summed E-state index contributed by atoms with van der Waals surface area (Å²) < 4.78 is 0. The monoisotopic (exact) mass is 1250 g/mol. The van der Waals surface area contributed by atoms with E-state index in [0.29, 0.717) is 56.5 Å². The SMILES string of the molecule is CCCCCCCCCCCC(=O)NCCCC[C@H](NC(=O)CCCCCCCCCCC)C(=O)N[C@H](C(=O)N[C@@H](Cc1cnc[nH]1)C(=O)N[C@@H](Cc1cnc[nH]1)C(=O)N[C@@H](CCC(N)=O)C(=O)N[C@@H](CCCCN)C(=O)N[C@@H](CC(C)C)C(=O)O)C(C)C. The summed E-state index contributed by atoms with van der Waals surface area (Å²) >= 11 is 0. The molecule has 0 radical (unpaired) electrons. The first-order valence-electron chi connectivity index (χ1n) is 33.2. The van der Waals surface area contributed by atoms with Gasteiger partial charge >= 0.3 is 5.97 Å². The predicted octanol–water partition coefficient (Wildman–Crippen LogP) is 5.62. The van der Waals surface area contributed by atoms with Crippen molar-refractivity contribution in [2.24, 2.45) is 23.3 Å². The van der Waals surface area contributed by atoms with Crippen molar-refractivity contribution in [1.82, 2.24) is 62.5 Å². The van der Waals surface area contributed by atoms with Crippen molar-refractivity contribution in [3.8, 4) is 0 Å². The lowest BCUT2D eigenvalue weighted by molar-refractivity contribution is -0.143. The molecule has 0 saturated heterocycles. The van der Waals surface area contributed by atoms with E-state index in [1.54, 1.807) is 27.7 Å². The van der Waals surface area contributed by atoms with Crippen LogP contribution in [0, 0.1) is 11.8 Å². The van der Waals surface area contributed by atoms with E-state index >= 15 is 0 Å². The number of aromatic amines is 2. The molecular weight excluding hydrogens is 1140 g/mol. The lowest BCUT2D eigenvalue weighted by Gasteiger charge is -2.28. The molecule has 0 aliphatic rings. The third-order valence-electron chi connectivity index (χ3n) is 15.6. The minimum Gasteiger partial charge on any atom is -0.480 e. The number of nitrogens with zero attached hydrogens (tertiary/aromatic N) is 2. The van der Waals surface area contributed by atoms with Gasteiger partial charge in [0.1, 0.15) is 42.3 Å². The number of carboxylic acids is 1. The molecular formula is C64H112N14O11. The van der Waals surface area contributed by atoms with Gasteiger partial charge in [0.2, 0.25) is 53.2 Å². The Hall–Kier alpha value is -6.92. The van der Waals surface area contributed by atoms with Crippen LogP contribution in [-0.2, 0) is 60.8 Å². The molecule has 0 fully saturated rings. The number of hydrogen-bond acceptors (Lipinski definition) is 13. The standard InChI is InChI=1S/C64H112N14O11/c1-7-9-11-13-15-17-19-21-23-31-55(80)69-36-28-26-30-48(72-56(81)32-24-22-20-18-16-14-12-10-8-2)60(84)78-57(45(5)6)63(87)76-52(39-47-41-68-43-71-47)62(86)75-51(38-46-40-67-42-70-46)61(85)74-50(33-34-54(66)79)59(83)73-49(29-25-27-35-65)58(82)77-53(64(88)89)37-44(3)4/h40-45,48-53,57H,7-39,65H2,1-6H3,(H2,66,79)(H,67,70)(H,68,71)(H,69,80)(H,72,81)(H,73,83)(H,74,85)(H,75,86)(H,76,87)(H,77,82)(H,78,84)(H,88,89)/t48-,49-,50-,51-,52-,53-,57-/m0/s1. The van der Waals surface area contributed by atoms with E-state index in [4.69, 9.17) is 11.5 Å². The minimum absolute atomic E-state index is 0.0242. The highest BCUT2D eigenvalue weighted by molar-refractivity contribution is 5.98. The minimum atomic E-state index is -1.51. The molecule has 0 spiro atoms. The lowest BCUT2D eigenvalue weighted by Crippen LogP contribution is -2.61. The van der Waals surface area contributed by atoms with Crippen LogP contribution in [0.1, 0.15) is 239 Å². The van der Waals surface area contributed by atoms with E-state index in [-0.39, 0.29) is 75.6 Å². The van der Waals surface area contributed by atoms with Gasteiger partial charge in [-0.15, -0.1) is 0 Å². The van der Waals surface area contributed by atoms with Gasteiger partial charge in [-0.2, -0.15) is 0 Å². The first-order valence-corrected chi connectivity index (χ1v) is 33.2. The van der Waals surface area contributed by atoms with Crippen molar-refractivity contribution in [3.05, 3.63) is 36.4 Å². The number of nitrogens with two attached hydrogens (primary N) is 2. The maximum absolute atomic E-state index is 14.7. The molecule has 25 heteroatoms. The van der Waals surface area contributed by atoms with Gasteiger partial charge in [0, 0.05) is 62.4 Å². The Balaban J connectivity index is 2.36. The number of carbonyl (C=O) groups excluding carboxylic acids is 9. The fraction of sp³-hybridized carbons (Fsp3) is 0.750. The third kappa shape index (κ3) is 35.8. The van der Waals surface area contributed by atoms with Gasteiger partial charge < -0.3 is 69.1 Å². The van der Waals surface area contributed by atoms with E-state index in [2.05, 4.69) is 76.3 Å². The molecule has 15 N–H and O–H groups in total. The summed E-state index contributed by atoms with van der Waals surface area (Å²) in [5.74, 6) is -7.82. The normalized spacial score (nSPS) is 13.7. The molecule has 2 rings (SSSR count).